The lowest BCUT2D eigenvalue weighted by atomic mass is 9.84. The van der Waals surface area contributed by atoms with Crippen LogP contribution < -0.4 is 4.74 Å². The molecule has 3 aromatic carbocycles. The second-order valence-corrected chi connectivity index (χ2v) is 7.95. The number of ether oxygens (including phenoxy) is 1. The van der Waals surface area contributed by atoms with Crippen LogP contribution in [0.5, 0.6) is 5.75 Å². The Hall–Kier alpha value is -2.65. The van der Waals surface area contributed by atoms with Gasteiger partial charge in [-0.2, -0.15) is 0 Å². The fourth-order valence-corrected chi connectivity index (χ4v) is 4.59. The van der Waals surface area contributed by atoms with E-state index in [1.807, 2.05) is 24.3 Å². The molecule has 1 unspecified atom stereocenters. The summed E-state index contributed by atoms with van der Waals surface area (Å²) < 4.78 is 5.75. The van der Waals surface area contributed by atoms with Gasteiger partial charge in [-0.15, -0.1) is 0 Å². The Kier molecular flexibility index (Phi) is 5.96. The minimum absolute atomic E-state index is 0.306. The number of hydrogen-bond acceptors (Lipinski definition) is 3. The van der Waals surface area contributed by atoms with Gasteiger partial charge in [0.15, 0.2) is 0 Å². The number of nitrogens with zero attached hydrogens (tertiary/aromatic N) is 1. The molecule has 0 saturated heterocycles. The summed E-state index contributed by atoms with van der Waals surface area (Å²) in [6.07, 6.45) is 4.43. The van der Waals surface area contributed by atoms with Crippen molar-refractivity contribution < 1.29 is 9.53 Å². The van der Waals surface area contributed by atoms with Gasteiger partial charge in [0.05, 0.1) is 5.56 Å². The molecule has 0 amide bonds. The second-order valence-electron chi connectivity index (χ2n) is 7.95. The lowest BCUT2D eigenvalue weighted by Crippen LogP contribution is -2.41. The first-order chi connectivity index (χ1) is 14.2. The Labute approximate surface area is 173 Å². The highest BCUT2D eigenvalue weighted by Gasteiger charge is 2.26. The highest BCUT2D eigenvalue weighted by molar-refractivity contribution is 5.94. The van der Waals surface area contributed by atoms with Crippen molar-refractivity contribution in [3.63, 3.8) is 0 Å². The van der Waals surface area contributed by atoms with Gasteiger partial charge in [-0.05, 0) is 84.9 Å². The van der Waals surface area contributed by atoms with E-state index in [0.29, 0.717) is 17.4 Å². The van der Waals surface area contributed by atoms with E-state index in [1.54, 1.807) is 12.1 Å². The van der Waals surface area contributed by atoms with Crippen LogP contribution in [-0.4, -0.2) is 30.0 Å². The summed E-state index contributed by atoms with van der Waals surface area (Å²) in [5, 5.41) is 2.50. The fraction of sp³-hybridized carbons (Fsp3) is 0.346. The Morgan fingerprint density at radius 3 is 2.38 bits per heavy atom. The minimum Gasteiger partial charge on any atom is -0.423 e. The SMILES string of the molecule is CCCN(CCC)C1Cc2cccc3cc(OC(=O)c4ccccc4)cc(c23)C1. The summed E-state index contributed by atoms with van der Waals surface area (Å²) in [4.78, 5) is 15.2. The maximum absolute atomic E-state index is 12.5. The zero-order chi connectivity index (χ0) is 20.2. The zero-order valence-corrected chi connectivity index (χ0v) is 17.4. The number of hydrogen-bond donors (Lipinski definition) is 0. The molecule has 29 heavy (non-hydrogen) atoms. The molecule has 3 nitrogen and oxygen atoms in total. The highest BCUT2D eigenvalue weighted by atomic mass is 16.5. The standard InChI is InChI=1S/C26H29NO2/c1-3-13-27(14-4-2)23-15-20-11-8-12-21-17-24(18-22(16-23)25(20)21)29-26(28)19-9-6-5-7-10-19/h5-12,17-18,23H,3-4,13-16H2,1-2H3. The van der Waals surface area contributed by atoms with Gasteiger partial charge < -0.3 is 4.74 Å². The Morgan fingerprint density at radius 1 is 0.931 bits per heavy atom. The summed E-state index contributed by atoms with van der Waals surface area (Å²) in [7, 11) is 0. The van der Waals surface area contributed by atoms with E-state index in [-0.39, 0.29) is 5.97 Å². The van der Waals surface area contributed by atoms with Gasteiger partial charge in [0.25, 0.3) is 0 Å². The third-order valence-electron chi connectivity index (χ3n) is 5.79. The second kappa shape index (κ2) is 8.79. The topological polar surface area (TPSA) is 29.5 Å². The van der Waals surface area contributed by atoms with Crippen LogP contribution in [0.1, 0.15) is 48.2 Å². The highest BCUT2D eigenvalue weighted by Crippen LogP contribution is 2.35. The van der Waals surface area contributed by atoms with Crippen molar-refractivity contribution in [3.05, 3.63) is 77.4 Å². The summed E-state index contributed by atoms with van der Waals surface area (Å²) in [5.41, 5.74) is 3.28. The van der Waals surface area contributed by atoms with E-state index in [1.165, 1.54) is 29.4 Å². The minimum atomic E-state index is -0.306. The molecule has 1 aliphatic rings. The largest absolute Gasteiger partial charge is 0.423 e. The van der Waals surface area contributed by atoms with E-state index in [4.69, 9.17) is 4.74 Å². The molecule has 3 aromatic rings. The predicted octanol–water partition coefficient (Wildman–Crippen LogP) is 5.65. The van der Waals surface area contributed by atoms with Crippen molar-refractivity contribution in [1.82, 2.24) is 4.90 Å². The molecule has 4 rings (SSSR count). The van der Waals surface area contributed by atoms with Gasteiger partial charge in [-0.1, -0.05) is 50.2 Å². The van der Waals surface area contributed by atoms with Gasteiger partial charge in [0.1, 0.15) is 5.75 Å². The summed E-state index contributed by atoms with van der Waals surface area (Å²) in [6.45, 7) is 6.77. The van der Waals surface area contributed by atoms with Crippen LogP contribution in [0.25, 0.3) is 10.8 Å². The van der Waals surface area contributed by atoms with Crippen LogP contribution >= 0.6 is 0 Å². The van der Waals surface area contributed by atoms with Gasteiger partial charge in [0, 0.05) is 6.04 Å². The van der Waals surface area contributed by atoms with Crippen LogP contribution in [-0.2, 0) is 12.8 Å². The van der Waals surface area contributed by atoms with E-state index < -0.39 is 0 Å². The number of rotatable bonds is 7. The zero-order valence-electron chi connectivity index (χ0n) is 17.4. The van der Waals surface area contributed by atoms with Crippen molar-refractivity contribution in [1.29, 1.82) is 0 Å². The molecular weight excluding hydrogens is 358 g/mol. The average molecular weight is 388 g/mol. The van der Waals surface area contributed by atoms with E-state index in [0.717, 1.165) is 31.3 Å². The van der Waals surface area contributed by atoms with Crippen molar-refractivity contribution in [2.24, 2.45) is 0 Å². The third-order valence-corrected chi connectivity index (χ3v) is 5.79. The maximum atomic E-state index is 12.5. The quantitative estimate of drug-likeness (QED) is 0.388. The van der Waals surface area contributed by atoms with E-state index in [2.05, 4.69) is 43.0 Å². The summed E-state index contributed by atoms with van der Waals surface area (Å²) in [6, 6.07) is 20.3. The van der Waals surface area contributed by atoms with Crippen molar-refractivity contribution in [2.75, 3.05) is 13.1 Å². The summed E-state index contributed by atoms with van der Waals surface area (Å²) >= 11 is 0. The third kappa shape index (κ3) is 4.20. The Morgan fingerprint density at radius 2 is 1.66 bits per heavy atom. The molecule has 0 bridgehead atoms. The van der Waals surface area contributed by atoms with Crippen LogP contribution in [0.2, 0.25) is 0 Å². The van der Waals surface area contributed by atoms with Crippen LogP contribution in [0.4, 0.5) is 0 Å². The molecule has 1 aliphatic carbocycles. The molecule has 0 saturated carbocycles. The first kappa shape index (κ1) is 19.7. The first-order valence-corrected chi connectivity index (χ1v) is 10.8. The van der Waals surface area contributed by atoms with Crippen LogP contribution in [0.3, 0.4) is 0 Å². The van der Waals surface area contributed by atoms with Gasteiger partial charge in [-0.3, -0.25) is 4.90 Å². The molecule has 0 heterocycles. The van der Waals surface area contributed by atoms with Gasteiger partial charge >= 0.3 is 5.97 Å². The smallest absolute Gasteiger partial charge is 0.343 e. The Bertz CT molecular complexity index is 990. The lowest BCUT2D eigenvalue weighted by Gasteiger charge is -2.35. The molecule has 0 aliphatic heterocycles. The predicted molar refractivity (Wildman–Crippen MR) is 119 cm³/mol. The van der Waals surface area contributed by atoms with Gasteiger partial charge in [-0.25, -0.2) is 4.79 Å². The number of carbonyl (C=O) groups is 1. The Balaban J connectivity index is 1.66. The maximum Gasteiger partial charge on any atom is 0.343 e. The monoisotopic (exact) mass is 387 g/mol. The van der Waals surface area contributed by atoms with Crippen molar-refractivity contribution >= 4 is 16.7 Å². The van der Waals surface area contributed by atoms with Gasteiger partial charge in [0.2, 0.25) is 0 Å². The van der Waals surface area contributed by atoms with E-state index >= 15 is 0 Å². The van der Waals surface area contributed by atoms with Crippen LogP contribution in [0, 0.1) is 0 Å². The number of carbonyl (C=O) groups excluding carboxylic acids is 1. The van der Waals surface area contributed by atoms with Crippen LogP contribution in [0.15, 0.2) is 60.7 Å². The fourth-order valence-electron chi connectivity index (χ4n) is 4.59. The molecule has 0 N–H and O–H groups in total. The lowest BCUT2D eigenvalue weighted by molar-refractivity contribution is 0.0735. The van der Waals surface area contributed by atoms with Crippen molar-refractivity contribution in [3.8, 4) is 5.75 Å². The molecule has 0 aromatic heterocycles. The first-order valence-electron chi connectivity index (χ1n) is 10.8. The molecule has 0 fully saturated rings. The molecule has 0 radical (unpaired) electrons. The number of benzene rings is 3. The normalized spacial score (nSPS) is 15.6. The molecule has 0 spiro atoms. The molecule has 150 valence electrons. The van der Waals surface area contributed by atoms with Crippen molar-refractivity contribution in [2.45, 2.75) is 45.6 Å². The average Bonchev–Trinajstić information content (AvgIpc) is 2.74. The molecule has 3 heteroatoms. The molecular formula is C26H29NO2. The summed E-state index contributed by atoms with van der Waals surface area (Å²) in [5.74, 6) is 0.330. The molecule has 1 atom stereocenters. The van der Waals surface area contributed by atoms with E-state index in [9.17, 15) is 4.79 Å². The number of esters is 1.